The van der Waals surface area contributed by atoms with E-state index in [0.29, 0.717) is 13.0 Å². The van der Waals surface area contributed by atoms with Crippen molar-refractivity contribution in [3.8, 4) is 0 Å². The van der Waals surface area contributed by atoms with E-state index in [1.165, 1.54) is 0 Å². The average molecular weight is 244 g/mol. The number of carbonyl (C=O) groups excluding carboxylic acids is 1. The lowest BCUT2D eigenvalue weighted by Crippen LogP contribution is -2.58. The highest BCUT2D eigenvalue weighted by atomic mass is 16.5. The van der Waals surface area contributed by atoms with Crippen LogP contribution in [0.1, 0.15) is 26.7 Å². The van der Waals surface area contributed by atoms with Crippen LogP contribution in [0.2, 0.25) is 0 Å². The van der Waals surface area contributed by atoms with Gasteiger partial charge in [0.2, 0.25) is 5.91 Å². The molecule has 2 atom stereocenters. The predicted molar refractivity (Wildman–Crippen MR) is 61.4 cm³/mol. The highest BCUT2D eigenvalue weighted by molar-refractivity contribution is 5.89. The van der Waals surface area contributed by atoms with Crippen LogP contribution in [0.5, 0.6) is 0 Å². The van der Waals surface area contributed by atoms with E-state index in [2.05, 4.69) is 5.32 Å². The number of nitrogens with one attached hydrogen (secondary N) is 1. The van der Waals surface area contributed by atoms with Gasteiger partial charge in [-0.3, -0.25) is 4.79 Å². The first-order valence-corrected chi connectivity index (χ1v) is 5.76. The number of carboxylic acid groups (broad SMARTS) is 1. The lowest BCUT2D eigenvalue weighted by molar-refractivity contribution is -0.147. The predicted octanol–water partition coefficient (Wildman–Crippen LogP) is -0.280. The summed E-state index contributed by atoms with van der Waals surface area (Å²) in [6.45, 7) is 4.26. The number of hydrogen-bond acceptors (Lipinski definition) is 4. The first-order valence-electron chi connectivity index (χ1n) is 5.76. The molecule has 4 N–H and O–H groups in total. The van der Waals surface area contributed by atoms with Gasteiger partial charge < -0.3 is 20.9 Å². The van der Waals surface area contributed by atoms with Crippen LogP contribution in [-0.4, -0.2) is 41.8 Å². The van der Waals surface area contributed by atoms with Crippen LogP contribution < -0.4 is 11.1 Å². The summed E-state index contributed by atoms with van der Waals surface area (Å²) in [5.41, 5.74) is 4.41. The molecule has 0 aliphatic carbocycles. The topological polar surface area (TPSA) is 102 Å². The lowest BCUT2D eigenvalue weighted by atomic mass is 9.97. The molecular formula is C11H20N2O4. The lowest BCUT2D eigenvalue weighted by Gasteiger charge is -2.26. The molecular weight excluding hydrogens is 224 g/mol. The van der Waals surface area contributed by atoms with E-state index in [9.17, 15) is 9.59 Å². The Morgan fingerprint density at radius 1 is 1.53 bits per heavy atom. The van der Waals surface area contributed by atoms with Crippen molar-refractivity contribution in [2.24, 2.45) is 11.7 Å². The molecule has 1 fully saturated rings. The second kappa shape index (κ2) is 5.46. The van der Waals surface area contributed by atoms with Gasteiger partial charge in [-0.15, -0.1) is 0 Å². The zero-order valence-electron chi connectivity index (χ0n) is 10.2. The van der Waals surface area contributed by atoms with E-state index in [1.807, 2.05) is 13.8 Å². The number of nitrogens with two attached hydrogens (primary N) is 1. The van der Waals surface area contributed by atoms with Crippen molar-refractivity contribution < 1.29 is 19.4 Å². The number of hydrogen-bond donors (Lipinski definition) is 3. The summed E-state index contributed by atoms with van der Waals surface area (Å²) in [7, 11) is 0. The molecule has 6 nitrogen and oxygen atoms in total. The molecule has 1 unspecified atom stereocenters. The second-order valence-corrected chi connectivity index (χ2v) is 4.92. The maximum atomic E-state index is 11.8. The second-order valence-electron chi connectivity index (χ2n) is 4.92. The summed E-state index contributed by atoms with van der Waals surface area (Å²) in [6, 6.07) is -0.674. The summed E-state index contributed by atoms with van der Waals surface area (Å²) in [5.74, 6) is -1.21. The van der Waals surface area contributed by atoms with E-state index >= 15 is 0 Å². The Labute approximate surface area is 101 Å². The minimum atomic E-state index is -1.30. The fourth-order valence-electron chi connectivity index (χ4n) is 1.83. The number of amides is 1. The molecule has 6 heteroatoms. The van der Waals surface area contributed by atoms with E-state index < -0.39 is 23.5 Å². The molecule has 98 valence electrons. The quantitative estimate of drug-likeness (QED) is 0.617. The van der Waals surface area contributed by atoms with Crippen molar-refractivity contribution in [1.82, 2.24) is 5.32 Å². The molecule has 0 aromatic rings. The third-order valence-corrected chi connectivity index (χ3v) is 2.86. The van der Waals surface area contributed by atoms with Gasteiger partial charge >= 0.3 is 5.97 Å². The van der Waals surface area contributed by atoms with Crippen molar-refractivity contribution in [3.63, 3.8) is 0 Å². The summed E-state index contributed by atoms with van der Waals surface area (Å²) < 4.78 is 5.05. The van der Waals surface area contributed by atoms with Gasteiger partial charge in [0.25, 0.3) is 0 Å². The van der Waals surface area contributed by atoms with Crippen molar-refractivity contribution in [1.29, 1.82) is 0 Å². The summed E-state index contributed by atoms with van der Waals surface area (Å²) in [4.78, 5) is 23.0. The van der Waals surface area contributed by atoms with Crippen LogP contribution in [0, 0.1) is 5.92 Å². The van der Waals surface area contributed by atoms with Crippen LogP contribution in [0.3, 0.4) is 0 Å². The monoisotopic (exact) mass is 244 g/mol. The van der Waals surface area contributed by atoms with Gasteiger partial charge in [-0.05, 0) is 12.3 Å². The third-order valence-electron chi connectivity index (χ3n) is 2.86. The molecule has 0 aromatic heterocycles. The van der Waals surface area contributed by atoms with E-state index in [1.54, 1.807) is 0 Å². The van der Waals surface area contributed by atoms with Gasteiger partial charge in [0.15, 0.2) is 5.54 Å². The molecule has 0 radical (unpaired) electrons. The molecule has 0 saturated carbocycles. The number of ether oxygens (including phenoxy) is 1. The Morgan fingerprint density at radius 2 is 2.18 bits per heavy atom. The third kappa shape index (κ3) is 3.41. The highest BCUT2D eigenvalue weighted by Gasteiger charge is 2.44. The number of rotatable bonds is 5. The molecule has 17 heavy (non-hydrogen) atoms. The van der Waals surface area contributed by atoms with E-state index in [0.717, 1.165) is 0 Å². The number of carboxylic acids is 1. The maximum Gasteiger partial charge on any atom is 0.331 e. The normalized spacial score (nSPS) is 25.9. The Bertz CT molecular complexity index is 298. The van der Waals surface area contributed by atoms with Crippen LogP contribution in [0.25, 0.3) is 0 Å². The fourth-order valence-corrected chi connectivity index (χ4v) is 1.83. The molecule has 1 aliphatic heterocycles. The summed E-state index contributed by atoms with van der Waals surface area (Å²) in [6.07, 6.45) is 0.810. The molecule has 1 heterocycles. The smallest absolute Gasteiger partial charge is 0.331 e. The fraction of sp³-hybridized carbons (Fsp3) is 0.818. The summed E-state index contributed by atoms with van der Waals surface area (Å²) in [5, 5.41) is 11.6. The van der Waals surface area contributed by atoms with Crippen LogP contribution >= 0.6 is 0 Å². The first kappa shape index (κ1) is 13.9. The largest absolute Gasteiger partial charge is 0.479 e. The number of aliphatic carboxylic acids is 1. The first-order chi connectivity index (χ1) is 7.87. The molecule has 0 bridgehead atoms. The van der Waals surface area contributed by atoms with Crippen molar-refractivity contribution in [2.75, 3.05) is 13.2 Å². The number of carbonyl (C=O) groups is 2. The zero-order chi connectivity index (χ0) is 13.1. The zero-order valence-corrected chi connectivity index (χ0v) is 10.2. The molecule has 1 rings (SSSR count). The molecule has 0 aromatic carbocycles. The molecule has 1 aliphatic rings. The highest BCUT2D eigenvalue weighted by Crippen LogP contribution is 2.19. The van der Waals surface area contributed by atoms with Crippen LogP contribution in [0.4, 0.5) is 0 Å². The van der Waals surface area contributed by atoms with Gasteiger partial charge in [0.05, 0.1) is 12.6 Å². The Balaban J connectivity index is 2.62. The minimum Gasteiger partial charge on any atom is -0.479 e. The van der Waals surface area contributed by atoms with Gasteiger partial charge in [0.1, 0.15) is 0 Å². The van der Waals surface area contributed by atoms with Crippen molar-refractivity contribution in [3.05, 3.63) is 0 Å². The Hall–Kier alpha value is -1.14. The molecule has 1 saturated heterocycles. The standard InChI is InChI=1S/C11H20N2O4/c1-7(2)5-8(12)9(14)13-11(10(15)16)3-4-17-6-11/h7-8H,3-6,12H2,1-2H3,(H,13,14)(H,15,16)/t8-,11?/m0/s1. The summed E-state index contributed by atoms with van der Waals surface area (Å²) >= 11 is 0. The van der Waals surface area contributed by atoms with Gasteiger partial charge in [-0.2, -0.15) is 0 Å². The van der Waals surface area contributed by atoms with Gasteiger partial charge in [0, 0.05) is 13.0 Å². The Kier molecular flexibility index (Phi) is 4.47. The molecule has 1 amide bonds. The van der Waals surface area contributed by atoms with Crippen molar-refractivity contribution in [2.45, 2.75) is 38.3 Å². The van der Waals surface area contributed by atoms with Gasteiger partial charge in [-0.25, -0.2) is 4.79 Å². The van der Waals surface area contributed by atoms with E-state index in [4.69, 9.17) is 15.6 Å². The van der Waals surface area contributed by atoms with Crippen molar-refractivity contribution >= 4 is 11.9 Å². The van der Waals surface area contributed by atoms with Crippen LogP contribution in [-0.2, 0) is 14.3 Å². The van der Waals surface area contributed by atoms with Crippen LogP contribution in [0.15, 0.2) is 0 Å². The molecule has 0 spiro atoms. The average Bonchev–Trinajstić information content (AvgIpc) is 2.66. The SMILES string of the molecule is CC(C)C[C@H](N)C(=O)NC1(C(=O)O)CCOC1. The maximum absolute atomic E-state index is 11.8. The van der Waals surface area contributed by atoms with E-state index in [-0.39, 0.29) is 18.9 Å². The minimum absolute atomic E-state index is 0.00245. The van der Waals surface area contributed by atoms with Gasteiger partial charge in [-0.1, -0.05) is 13.8 Å². The Morgan fingerprint density at radius 3 is 2.59 bits per heavy atom.